The number of Topliss-reactive ketones (excluding diaryl/α,β-unsaturated/α-hetero) is 2. The summed E-state index contributed by atoms with van der Waals surface area (Å²) in [5.41, 5.74) is 0.405. The van der Waals surface area contributed by atoms with Crippen LogP contribution in [0.15, 0.2) is 0 Å². The molecular weight excluding hydrogens is 240 g/mol. The van der Waals surface area contributed by atoms with Gasteiger partial charge in [-0.2, -0.15) is 0 Å². The minimum atomic E-state index is -0.102. The van der Waals surface area contributed by atoms with Crippen LogP contribution in [0, 0.1) is 0 Å². The molecule has 2 rings (SSSR count). The summed E-state index contributed by atoms with van der Waals surface area (Å²) >= 11 is 1.29. The molecule has 1 aliphatic heterocycles. The van der Waals surface area contributed by atoms with Gasteiger partial charge in [-0.25, -0.2) is 4.98 Å². The van der Waals surface area contributed by atoms with Gasteiger partial charge < -0.3 is 9.64 Å². The summed E-state index contributed by atoms with van der Waals surface area (Å²) in [6.07, 6.45) is 0. The fraction of sp³-hybridized carbons (Fsp3) is 0.545. The first kappa shape index (κ1) is 12.2. The Hall–Kier alpha value is -1.27. The molecule has 0 aliphatic carbocycles. The van der Waals surface area contributed by atoms with Gasteiger partial charge in [0.2, 0.25) is 0 Å². The highest BCUT2D eigenvalue weighted by atomic mass is 32.1. The standard InChI is InChI=1S/C11H14N2O3S/c1-7(14)9-11(13-3-5-16-6-4-13)17-10(12-9)8(2)15/h3-6H2,1-2H3. The second kappa shape index (κ2) is 4.93. The Morgan fingerprint density at radius 1 is 1.24 bits per heavy atom. The van der Waals surface area contributed by atoms with Crippen LogP contribution in [0.5, 0.6) is 0 Å². The monoisotopic (exact) mass is 254 g/mol. The molecular formula is C11H14N2O3S. The zero-order valence-corrected chi connectivity index (χ0v) is 10.7. The lowest BCUT2D eigenvalue weighted by atomic mass is 10.3. The minimum Gasteiger partial charge on any atom is -0.378 e. The van der Waals surface area contributed by atoms with Gasteiger partial charge in [0, 0.05) is 26.9 Å². The molecule has 6 heteroatoms. The number of ether oxygens (including phenoxy) is 1. The van der Waals surface area contributed by atoms with Crippen LogP contribution in [0.2, 0.25) is 0 Å². The third kappa shape index (κ3) is 2.53. The Morgan fingerprint density at radius 2 is 1.88 bits per heavy atom. The number of ketones is 2. The quantitative estimate of drug-likeness (QED) is 0.763. The van der Waals surface area contributed by atoms with Crippen LogP contribution >= 0.6 is 11.3 Å². The Labute approximate surface area is 103 Å². The molecule has 0 radical (unpaired) electrons. The number of carbonyl (C=O) groups is 2. The highest BCUT2D eigenvalue weighted by molar-refractivity contribution is 7.18. The van der Waals surface area contributed by atoms with Gasteiger partial charge in [0.05, 0.1) is 13.2 Å². The van der Waals surface area contributed by atoms with Gasteiger partial charge in [0.25, 0.3) is 0 Å². The molecule has 0 atom stereocenters. The van der Waals surface area contributed by atoms with E-state index in [0.29, 0.717) is 23.9 Å². The summed E-state index contributed by atoms with van der Waals surface area (Å²) in [5.74, 6) is -0.202. The van der Waals surface area contributed by atoms with Crippen LogP contribution in [0.3, 0.4) is 0 Å². The minimum absolute atomic E-state index is 0.1000. The zero-order valence-electron chi connectivity index (χ0n) is 9.86. The van der Waals surface area contributed by atoms with Gasteiger partial charge in [0.1, 0.15) is 10.7 Å². The lowest BCUT2D eigenvalue weighted by Crippen LogP contribution is -2.36. The van der Waals surface area contributed by atoms with E-state index in [-0.39, 0.29) is 11.6 Å². The van der Waals surface area contributed by atoms with Crippen LogP contribution < -0.4 is 4.90 Å². The number of hydrogen-bond donors (Lipinski definition) is 0. The van der Waals surface area contributed by atoms with Crippen molar-refractivity contribution < 1.29 is 14.3 Å². The summed E-state index contributed by atoms with van der Waals surface area (Å²) in [4.78, 5) is 29.0. The molecule has 1 aromatic heterocycles. The summed E-state index contributed by atoms with van der Waals surface area (Å²) in [7, 11) is 0. The molecule has 0 unspecified atom stereocenters. The van der Waals surface area contributed by atoms with Crippen LogP contribution in [0.4, 0.5) is 5.00 Å². The van der Waals surface area contributed by atoms with E-state index in [9.17, 15) is 9.59 Å². The lowest BCUT2D eigenvalue weighted by Gasteiger charge is -2.27. The fourth-order valence-corrected chi connectivity index (χ4v) is 2.73. The van der Waals surface area contributed by atoms with E-state index in [0.717, 1.165) is 18.1 Å². The lowest BCUT2D eigenvalue weighted by molar-refractivity contribution is 0.101. The van der Waals surface area contributed by atoms with Gasteiger partial charge in [-0.05, 0) is 0 Å². The van der Waals surface area contributed by atoms with Crippen molar-refractivity contribution >= 4 is 27.9 Å². The molecule has 1 fully saturated rings. The Bertz CT molecular complexity index is 450. The van der Waals surface area contributed by atoms with Crippen molar-refractivity contribution in [3.8, 4) is 0 Å². The number of nitrogens with zero attached hydrogens (tertiary/aromatic N) is 2. The van der Waals surface area contributed by atoms with Crippen molar-refractivity contribution in [1.29, 1.82) is 0 Å². The molecule has 0 bridgehead atoms. The van der Waals surface area contributed by atoms with Crippen LogP contribution in [0.25, 0.3) is 0 Å². The highest BCUT2D eigenvalue weighted by Crippen LogP contribution is 2.30. The molecule has 5 nitrogen and oxygen atoms in total. The number of thiazole rings is 1. The number of anilines is 1. The maximum absolute atomic E-state index is 11.5. The van der Waals surface area contributed by atoms with Crippen LogP contribution in [-0.2, 0) is 4.74 Å². The van der Waals surface area contributed by atoms with Crippen molar-refractivity contribution in [2.45, 2.75) is 13.8 Å². The molecule has 0 N–H and O–H groups in total. The van der Waals surface area contributed by atoms with E-state index in [1.54, 1.807) is 0 Å². The topological polar surface area (TPSA) is 59.5 Å². The Kier molecular flexibility index (Phi) is 3.54. The van der Waals surface area contributed by atoms with E-state index in [2.05, 4.69) is 9.88 Å². The molecule has 92 valence electrons. The predicted molar refractivity (Wildman–Crippen MR) is 65.2 cm³/mol. The number of carbonyl (C=O) groups excluding carboxylic acids is 2. The first-order valence-electron chi connectivity index (χ1n) is 5.45. The van der Waals surface area contributed by atoms with E-state index < -0.39 is 0 Å². The maximum atomic E-state index is 11.5. The maximum Gasteiger partial charge on any atom is 0.188 e. The summed E-state index contributed by atoms with van der Waals surface area (Å²) in [6.45, 7) is 5.70. The van der Waals surface area contributed by atoms with Crippen LogP contribution in [0.1, 0.15) is 34.1 Å². The summed E-state index contributed by atoms with van der Waals surface area (Å²) < 4.78 is 5.27. The molecule has 1 aliphatic rings. The highest BCUT2D eigenvalue weighted by Gasteiger charge is 2.23. The molecule has 1 saturated heterocycles. The van der Waals surface area contributed by atoms with Crippen molar-refractivity contribution in [2.75, 3.05) is 31.2 Å². The molecule has 2 heterocycles. The number of rotatable bonds is 3. The molecule has 0 saturated carbocycles. The number of hydrogen-bond acceptors (Lipinski definition) is 6. The largest absolute Gasteiger partial charge is 0.378 e. The van der Waals surface area contributed by atoms with Gasteiger partial charge in [-0.15, -0.1) is 0 Å². The molecule has 0 spiro atoms. The van der Waals surface area contributed by atoms with Crippen molar-refractivity contribution in [3.05, 3.63) is 10.7 Å². The second-order valence-electron chi connectivity index (χ2n) is 3.88. The fourth-order valence-electron chi connectivity index (χ4n) is 1.67. The van der Waals surface area contributed by atoms with Crippen molar-refractivity contribution in [1.82, 2.24) is 4.98 Å². The SMILES string of the molecule is CC(=O)c1nc(C(C)=O)c(N2CCOCC2)s1. The normalized spacial score (nSPS) is 16.0. The van der Waals surface area contributed by atoms with E-state index in [1.807, 2.05) is 0 Å². The van der Waals surface area contributed by atoms with Crippen molar-refractivity contribution in [3.63, 3.8) is 0 Å². The van der Waals surface area contributed by atoms with Crippen molar-refractivity contribution in [2.24, 2.45) is 0 Å². The van der Waals surface area contributed by atoms with Gasteiger partial charge in [-0.1, -0.05) is 11.3 Å². The van der Waals surface area contributed by atoms with Gasteiger partial charge in [0.15, 0.2) is 16.6 Å². The number of morpholine rings is 1. The van der Waals surface area contributed by atoms with Gasteiger partial charge in [-0.3, -0.25) is 9.59 Å². The number of aromatic nitrogens is 1. The average Bonchev–Trinajstić information content (AvgIpc) is 2.75. The third-order valence-electron chi connectivity index (χ3n) is 2.54. The zero-order chi connectivity index (χ0) is 12.4. The summed E-state index contributed by atoms with van der Waals surface area (Å²) in [5, 5.41) is 1.20. The van der Waals surface area contributed by atoms with E-state index in [4.69, 9.17) is 4.74 Å². The molecule has 1 aromatic rings. The van der Waals surface area contributed by atoms with E-state index in [1.165, 1.54) is 25.2 Å². The Balaban J connectivity index is 2.36. The smallest absolute Gasteiger partial charge is 0.188 e. The molecule has 0 amide bonds. The van der Waals surface area contributed by atoms with Gasteiger partial charge >= 0.3 is 0 Å². The third-order valence-corrected chi connectivity index (χ3v) is 3.76. The Morgan fingerprint density at radius 3 is 2.41 bits per heavy atom. The second-order valence-corrected chi connectivity index (χ2v) is 4.86. The average molecular weight is 254 g/mol. The first-order chi connectivity index (χ1) is 8.09. The van der Waals surface area contributed by atoms with E-state index >= 15 is 0 Å². The first-order valence-corrected chi connectivity index (χ1v) is 6.26. The van der Waals surface area contributed by atoms with Crippen LogP contribution in [-0.4, -0.2) is 42.9 Å². The molecule has 17 heavy (non-hydrogen) atoms. The molecule has 0 aromatic carbocycles. The summed E-state index contributed by atoms with van der Waals surface area (Å²) in [6, 6.07) is 0. The predicted octanol–water partition coefficient (Wildman–Crippen LogP) is 1.38.